The summed E-state index contributed by atoms with van der Waals surface area (Å²) >= 11 is 0. The van der Waals surface area contributed by atoms with Gasteiger partial charge in [0.1, 0.15) is 11.6 Å². The highest BCUT2D eigenvalue weighted by Crippen LogP contribution is 2.60. The predicted molar refractivity (Wildman–Crippen MR) is 78.6 cm³/mol. The maximum atomic E-state index is 14.1. The molecule has 1 aliphatic carbocycles. The van der Waals surface area contributed by atoms with Crippen molar-refractivity contribution in [2.75, 3.05) is 6.54 Å². The first-order valence-electron chi connectivity index (χ1n) is 7.66. The van der Waals surface area contributed by atoms with Crippen LogP contribution in [0.5, 0.6) is 0 Å². The Morgan fingerprint density at radius 3 is 2.15 bits per heavy atom. The standard InChI is InChI=1S/C17H25F2N/c1-3-7-16(8-4-2)10-17(11-16,12-20)14-6-5-13(18)9-15(14)19/h5-6,9H,3-4,7-8,10-12,20H2,1-2H3. The van der Waals surface area contributed by atoms with Crippen LogP contribution in [0.1, 0.15) is 57.9 Å². The Balaban J connectivity index is 2.25. The van der Waals surface area contributed by atoms with Gasteiger partial charge in [-0.15, -0.1) is 0 Å². The van der Waals surface area contributed by atoms with Gasteiger partial charge in [-0.25, -0.2) is 8.78 Å². The van der Waals surface area contributed by atoms with Crippen molar-refractivity contribution in [1.82, 2.24) is 0 Å². The maximum absolute atomic E-state index is 14.1. The van der Waals surface area contributed by atoms with E-state index < -0.39 is 11.6 Å². The maximum Gasteiger partial charge on any atom is 0.129 e. The molecule has 0 saturated heterocycles. The van der Waals surface area contributed by atoms with Crippen LogP contribution in [0, 0.1) is 17.0 Å². The van der Waals surface area contributed by atoms with E-state index in [-0.39, 0.29) is 5.41 Å². The van der Waals surface area contributed by atoms with Crippen molar-refractivity contribution in [2.45, 2.75) is 57.8 Å². The zero-order chi connectivity index (χ0) is 14.8. The number of rotatable bonds is 6. The van der Waals surface area contributed by atoms with Crippen LogP contribution in [-0.4, -0.2) is 6.54 Å². The Labute approximate surface area is 120 Å². The molecule has 3 heteroatoms. The third kappa shape index (κ3) is 2.60. The Hall–Kier alpha value is -0.960. The van der Waals surface area contributed by atoms with Crippen molar-refractivity contribution < 1.29 is 8.78 Å². The molecular formula is C17H25F2N. The van der Waals surface area contributed by atoms with Crippen molar-refractivity contribution in [3.05, 3.63) is 35.4 Å². The van der Waals surface area contributed by atoms with Gasteiger partial charge in [-0.2, -0.15) is 0 Å². The fourth-order valence-electron chi connectivity index (χ4n) is 4.29. The van der Waals surface area contributed by atoms with E-state index in [2.05, 4.69) is 13.8 Å². The largest absolute Gasteiger partial charge is 0.330 e. The van der Waals surface area contributed by atoms with Crippen molar-refractivity contribution in [1.29, 1.82) is 0 Å². The van der Waals surface area contributed by atoms with E-state index in [1.165, 1.54) is 18.9 Å². The average Bonchev–Trinajstić information content (AvgIpc) is 2.36. The normalized spacial score (nSPS) is 19.6. The molecule has 1 aromatic rings. The van der Waals surface area contributed by atoms with Crippen LogP contribution in [0.2, 0.25) is 0 Å². The van der Waals surface area contributed by atoms with Gasteiger partial charge < -0.3 is 5.73 Å². The molecule has 0 atom stereocenters. The molecule has 1 nitrogen and oxygen atoms in total. The molecule has 0 amide bonds. The molecule has 0 aliphatic heterocycles. The molecule has 0 unspecified atom stereocenters. The van der Waals surface area contributed by atoms with Crippen LogP contribution in [0.3, 0.4) is 0 Å². The molecular weight excluding hydrogens is 256 g/mol. The molecule has 0 bridgehead atoms. The van der Waals surface area contributed by atoms with Crippen LogP contribution in [0.4, 0.5) is 8.78 Å². The molecule has 0 aromatic heterocycles. The van der Waals surface area contributed by atoms with Gasteiger partial charge in [0.2, 0.25) is 0 Å². The molecule has 0 spiro atoms. The van der Waals surface area contributed by atoms with Crippen LogP contribution in [0.15, 0.2) is 18.2 Å². The lowest BCUT2D eigenvalue weighted by Crippen LogP contribution is -2.54. The van der Waals surface area contributed by atoms with E-state index in [4.69, 9.17) is 5.73 Å². The van der Waals surface area contributed by atoms with E-state index in [1.807, 2.05) is 0 Å². The average molecular weight is 281 g/mol. The lowest BCUT2D eigenvalue weighted by molar-refractivity contribution is 0.00583. The van der Waals surface area contributed by atoms with Gasteiger partial charge >= 0.3 is 0 Å². The third-order valence-corrected chi connectivity index (χ3v) is 4.88. The van der Waals surface area contributed by atoms with Crippen LogP contribution in [0.25, 0.3) is 0 Å². The quantitative estimate of drug-likeness (QED) is 0.814. The molecule has 112 valence electrons. The van der Waals surface area contributed by atoms with E-state index in [0.717, 1.165) is 31.7 Å². The molecule has 0 radical (unpaired) electrons. The van der Waals surface area contributed by atoms with Gasteiger partial charge in [0.05, 0.1) is 0 Å². The molecule has 1 aromatic carbocycles. The first-order valence-corrected chi connectivity index (χ1v) is 7.66. The minimum Gasteiger partial charge on any atom is -0.330 e. The topological polar surface area (TPSA) is 26.0 Å². The highest BCUT2D eigenvalue weighted by atomic mass is 19.1. The first kappa shape index (κ1) is 15.4. The Kier molecular flexibility index (Phi) is 4.48. The molecule has 0 heterocycles. The van der Waals surface area contributed by atoms with Gasteiger partial charge in [-0.05, 0) is 42.7 Å². The second kappa shape index (κ2) is 5.80. The number of hydrogen-bond acceptors (Lipinski definition) is 1. The fraction of sp³-hybridized carbons (Fsp3) is 0.647. The zero-order valence-electron chi connectivity index (χ0n) is 12.5. The summed E-state index contributed by atoms with van der Waals surface area (Å²) in [5.41, 5.74) is 6.58. The Morgan fingerprint density at radius 1 is 1.10 bits per heavy atom. The number of hydrogen-bond donors (Lipinski definition) is 1. The Morgan fingerprint density at radius 2 is 1.70 bits per heavy atom. The van der Waals surface area contributed by atoms with Crippen molar-refractivity contribution in [2.24, 2.45) is 11.1 Å². The lowest BCUT2D eigenvalue weighted by atomic mass is 9.48. The summed E-state index contributed by atoms with van der Waals surface area (Å²) in [6.07, 6.45) is 6.50. The van der Waals surface area contributed by atoms with E-state index in [0.29, 0.717) is 17.5 Å². The van der Waals surface area contributed by atoms with Crippen molar-refractivity contribution in [3.8, 4) is 0 Å². The molecule has 2 N–H and O–H groups in total. The third-order valence-electron chi connectivity index (χ3n) is 4.88. The van der Waals surface area contributed by atoms with Crippen LogP contribution < -0.4 is 5.73 Å². The molecule has 1 saturated carbocycles. The number of benzene rings is 1. The molecule has 2 rings (SSSR count). The van der Waals surface area contributed by atoms with Crippen LogP contribution >= 0.6 is 0 Å². The fourth-order valence-corrected chi connectivity index (χ4v) is 4.29. The molecule has 1 fully saturated rings. The minimum atomic E-state index is -0.522. The highest BCUT2D eigenvalue weighted by molar-refractivity contribution is 5.33. The SMILES string of the molecule is CCCC1(CCC)CC(CN)(c2ccc(F)cc2F)C1. The smallest absolute Gasteiger partial charge is 0.129 e. The van der Waals surface area contributed by atoms with Gasteiger partial charge in [-0.1, -0.05) is 32.8 Å². The van der Waals surface area contributed by atoms with Gasteiger partial charge in [0.25, 0.3) is 0 Å². The summed E-state index contributed by atoms with van der Waals surface area (Å²) in [7, 11) is 0. The van der Waals surface area contributed by atoms with Crippen molar-refractivity contribution in [3.63, 3.8) is 0 Å². The summed E-state index contributed by atoms with van der Waals surface area (Å²) < 4.78 is 27.2. The summed E-state index contributed by atoms with van der Waals surface area (Å²) in [4.78, 5) is 0. The first-order chi connectivity index (χ1) is 9.51. The minimum absolute atomic E-state index is 0.290. The summed E-state index contributed by atoms with van der Waals surface area (Å²) in [5.74, 6) is -0.969. The monoisotopic (exact) mass is 281 g/mol. The highest BCUT2D eigenvalue weighted by Gasteiger charge is 2.54. The number of nitrogens with two attached hydrogens (primary N) is 1. The van der Waals surface area contributed by atoms with Gasteiger partial charge in [0, 0.05) is 18.0 Å². The Bertz CT molecular complexity index is 456. The van der Waals surface area contributed by atoms with E-state index in [9.17, 15) is 8.78 Å². The molecule has 20 heavy (non-hydrogen) atoms. The second-order valence-electron chi connectivity index (χ2n) is 6.46. The van der Waals surface area contributed by atoms with Crippen molar-refractivity contribution >= 4 is 0 Å². The molecule has 1 aliphatic rings. The van der Waals surface area contributed by atoms with Gasteiger partial charge in [-0.3, -0.25) is 0 Å². The van der Waals surface area contributed by atoms with Gasteiger partial charge in [0.15, 0.2) is 0 Å². The van der Waals surface area contributed by atoms with E-state index in [1.54, 1.807) is 6.07 Å². The number of halogens is 2. The summed E-state index contributed by atoms with van der Waals surface area (Å²) in [6, 6.07) is 3.90. The summed E-state index contributed by atoms with van der Waals surface area (Å²) in [6.45, 7) is 4.82. The second-order valence-corrected chi connectivity index (χ2v) is 6.46. The lowest BCUT2D eigenvalue weighted by Gasteiger charge is -2.57. The zero-order valence-corrected chi connectivity index (χ0v) is 12.5. The predicted octanol–water partition coefficient (Wildman–Crippen LogP) is 4.54. The van der Waals surface area contributed by atoms with E-state index >= 15 is 0 Å². The van der Waals surface area contributed by atoms with Crippen LogP contribution in [-0.2, 0) is 5.41 Å². The summed E-state index contributed by atoms with van der Waals surface area (Å²) in [5, 5.41) is 0.